The zero-order valence-corrected chi connectivity index (χ0v) is 10.7. The minimum Gasteiger partial charge on any atom is -0.394 e. The van der Waals surface area contributed by atoms with E-state index in [-0.39, 0.29) is 24.1 Å². The van der Waals surface area contributed by atoms with Crippen LogP contribution in [-0.4, -0.2) is 35.6 Å². The summed E-state index contributed by atoms with van der Waals surface area (Å²) in [5.74, 6) is -2.42. The molecule has 0 aliphatic carbocycles. The maximum absolute atomic E-state index is 13.0. The van der Waals surface area contributed by atoms with Gasteiger partial charge in [0, 0.05) is 12.6 Å². The van der Waals surface area contributed by atoms with Gasteiger partial charge in [-0.1, -0.05) is 13.8 Å². The fourth-order valence-electron chi connectivity index (χ4n) is 1.76. The zero-order valence-electron chi connectivity index (χ0n) is 10.7. The van der Waals surface area contributed by atoms with E-state index in [0.717, 1.165) is 12.1 Å². The molecule has 1 atom stereocenters. The van der Waals surface area contributed by atoms with Gasteiger partial charge in [-0.25, -0.2) is 8.78 Å². The van der Waals surface area contributed by atoms with Gasteiger partial charge in [-0.3, -0.25) is 4.79 Å². The molecule has 0 bridgehead atoms. The van der Waals surface area contributed by atoms with Crippen LogP contribution in [0.2, 0.25) is 0 Å². The van der Waals surface area contributed by atoms with Crippen LogP contribution in [0.1, 0.15) is 24.2 Å². The quantitative estimate of drug-likeness (QED) is 0.896. The molecule has 100 valence electrons. The Morgan fingerprint density at radius 1 is 1.33 bits per heavy atom. The SMILES string of the molecule is CC(C)C(CO)N(C)C(=O)c1ccc(F)c(F)c1. The number of hydrogen-bond donors (Lipinski definition) is 1. The minimum atomic E-state index is -1.06. The largest absolute Gasteiger partial charge is 0.394 e. The Bertz CT molecular complexity index is 435. The van der Waals surface area contributed by atoms with Crippen LogP contribution >= 0.6 is 0 Å². The predicted octanol–water partition coefficient (Wildman–Crippen LogP) is 2.05. The highest BCUT2D eigenvalue weighted by Crippen LogP contribution is 2.15. The van der Waals surface area contributed by atoms with Crippen molar-refractivity contribution in [2.75, 3.05) is 13.7 Å². The number of nitrogens with zero attached hydrogens (tertiary/aromatic N) is 1. The average molecular weight is 257 g/mol. The van der Waals surface area contributed by atoms with E-state index in [9.17, 15) is 18.7 Å². The van der Waals surface area contributed by atoms with Crippen LogP contribution in [0.25, 0.3) is 0 Å². The van der Waals surface area contributed by atoms with E-state index < -0.39 is 17.5 Å². The van der Waals surface area contributed by atoms with Crippen molar-refractivity contribution < 1.29 is 18.7 Å². The number of rotatable bonds is 4. The number of hydrogen-bond acceptors (Lipinski definition) is 2. The molecule has 1 N–H and O–H groups in total. The molecule has 0 aliphatic heterocycles. The zero-order chi connectivity index (χ0) is 13.9. The number of likely N-dealkylation sites (N-methyl/N-ethyl adjacent to an activating group) is 1. The third kappa shape index (κ3) is 3.04. The number of aliphatic hydroxyl groups is 1. The van der Waals surface area contributed by atoms with Gasteiger partial charge in [-0.15, -0.1) is 0 Å². The van der Waals surface area contributed by atoms with Gasteiger partial charge in [-0.05, 0) is 24.1 Å². The molecule has 0 heterocycles. The lowest BCUT2D eigenvalue weighted by Gasteiger charge is -2.29. The first-order valence-electron chi connectivity index (χ1n) is 5.71. The third-order valence-electron chi connectivity index (χ3n) is 2.94. The third-order valence-corrected chi connectivity index (χ3v) is 2.94. The fourth-order valence-corrected chi connectivity index (χ4v) is 1.76. The molecule has 1 aromatic rings. The molecule has 1 aromatic carbocycles. The molecule has 0 aromatic heterocycles. The normalized spacial score (nSPS) is 12.6. The lowest BCUT2D eigenvalue weighted by Crippen LogP contribution is -2.42. The summed E-state index contributed by atoms with van der Waals surface area (Å²) in [5.41, 5.74) is 0.0653. The van der Waals surface area contributed by atoms with Crippen molar-refractivity contribution >= 4 is 5.91 Å². The number of benzene rings is 1. The first kappa shape index (κ1) is 14.6. The Morgan fingerprint density at radius 3 is 2.39 bits per heavy atom. The maximum atomic E-state index is 13.0. The van der Waals surface area contributed by atoms with Crippen LogP contribution in [0, 0.1) is 17.6 Å². The summed E-state index contributed by atoms with van der Waals surface area (Å²) in [7, 11) is 1.53. The van der Waals surface area contributed by atoms with E-state index >= 15 is 0 Å². The van der Waals surface area contributed by atoms with Crippen LogP contribution in [0.5, 0.6) is 0 Å². The van der Waals surface area contributed by atoms with E-state index in [0.29, 0.717) is 0 Å². The van der Waals surface area contributed by atoms with Gasteiger partial charge in [0.05, 0.1) is 12.6 Å². The van der Waals surface area contributed by atoms with Crippen molar-refractivity contribution in [2.45, 2.75) is 19.9 Å². The van der Waals surface area contributed by atoms with Gasteiger partial charge in [0.1, 0.15) is 0 Å². The summed E-state index contributed by atoms with van der Waals surface area (Å²) in [6, 6.07) is 2.65. The van der Waals surface area contributed by atoms with E-state index in [1.165, 1.54) is 18.0 Å². The van der Waals surface area contributed by atoms with Gasteiger partial charge < -0.3 is 10.0 Å². The summed E-state index contributed by atoms with van der Waals surface area (Å²) >= 11 is 0. The summed E-state index contributed by atoms with van der Waals surface area (Å²) in [6.07, 6.45) is 0. The molecular formula is C13H17F2NO2. The number of amides is 1. The van der Waals surface area contributed by atoms with Gasteiger partial charge in [-0.2, -0.15) is 0 Å². The fraction of sp³-hybridized carbons (Fsp3) is 0.462. The van der Waals surface area contributed by atoms with E-state index in [2.05, 4.69) is 0 Å². The average Bonchev–Trinajstić information content (AvgIpc) is 2.32. The summed E-state index contributed by atoms with van der Waals surface area (Å²) in [5, 5.41) is 9.23. The first-order chi connectivity index (χ1) is 8.38. The molecule has 5 heteroatoms. The lowest BCUT2D eigenvalue weighted by atomic mass is 10.0. The predicted molar refractivity (Wildman–Crippen MR) is 64.2 cm³/mol. The van der Waals surface area contributed by atoms with Crippen molar-refractivity contribution in [3.05, 3.63) is 35.4 Å². The van der Waals surface area contributed by atoms with Gasteiger partial charge >= 0.3 is 0 Å². The first-order valence-corrected chi connectivity index (χ1v) is 5.71. The minimum absolute atomic E-state index is 0.0641. The van der Waals surface area contributed by atoms with Crippen molar-refractivity contribution in [3.8, 4) is 0 Å². The molecule has 1 rings (SSSR count). The standard InChI is InChI=1S/C13H17F2NO2/c1-8(2)12(7-17)16(3)13(18)9-4-5-10(14)11(15)6-9/h4-6,8,12,17H,7H2,1-3H3. The highest BCUT2D eigenvalue weighted by molar-refractivity contribution is 5.94. The lowest BCUT2D eigenvalue weighted by molar-refractivity contribution is 0.0588. The maximum Gasteiger partial charge on any atom is 0.254 e. The van der Waals surface area contributed by atoms with Crippen LogP contribution < -0.4 is 0 Å². The van der Waals surface area contributed by atoms with Crippen molar-refractivity contribution in [2.24, 2.45) is 5.92 Å². The number of carbonyl (C=O) groups is 1. The van der Waals surface area contributed by atoms with Crippen LogP contribution in [0.4, 0.5) is 8.78 Å². The second kappa shape index (κ2) is 5.91. The van der Waals surface area contributed by atoms with Crippen molar-refractivity contribution in [3.63, 3.8) is 0 Å². The molecule has 0 saturated heterocycles. The van der Waals surface area contributed by atoms with Gasteiger partial charge in [0.15, 0.2) is 11.6 Å². The molecule has 0 saturated carbocycles. The molecule has 18 heavy (non-hydrogen) atoms. The Morgan fingerprint density at radius 2 is 1.94 bits per heavy atom. The Kier molecular flexibility index (Phi) is 4.78. The van der Waals surface area contributed by atoms with Crippen molar-refractivity contribution in [1.29, 1.82) is 0 Å². The van der Waals surface area contributed by atoms with Crippen LogP contribution in [0.3, 0.4) is 0 Å². The Hall–Kier alpha value is -1.49. The van der Waals surface area contributed by atoms with E-state index in [4.69, 9.17) is 0 Å². The van der Waals surface area contributed by atoms with Crippen LogP contribution in [0.15, 0.2) is 18.2 Å². The topological polar surface area (TPSA) is 40.5 Å². The van der Waals surface area contributed by atoms with E-state index in [1.807, 2.05) is 13.8 Å². The van der Waals surface area contributed by atoms with Gasteiger partial charge in [0.2, 0.25) is 0 Å². The van der Waals surface area contributed by atoms with Gasteiger partial charge in [0.25, 0.3) is 5.91 Å². The smallest absolute Gasteiger partial charge is 0.254 e. The molecule has 0 spiro atoms. The molecule has 1 unspecified atom stereocenters. The molecule has 0 fully saturated rings. The molecule has 0 aliphatic rings. The highest BCUT2D eigenvalue weighted by atomic mass is 19.2. The summed E-state index contributed by atoms with van der Waals surface area (Å²) in [4.78, 5) is 13.4. The summed E-state index contributed by atoms with van der Waals surface area (Å²) in [6.45, 7) is 3.56. The molecular weight excluding hydrogens is 240 g/mol. The second-order valence-electron chi connectivity index (χ2n) is 4.54. The number of aliphatic hydroxyl groups excluding tert-OH is 1. The number of carbonyl (C=O) groups excluding carboxylic acids is 1. The molecule has 0 radical (unpaired) electrons. The summed E-state index contributed by atoms with van der Waals surface area (Å²) < 4.78 is 25.8. The Balaban J connectivity index is 2.95. The monoisotopic (exact) mass is 257 g/mol. The number of halogens is 2. The van der Waals surface area contributed by atoms with E-state index in [1.54, 1.807) is 0 Å². The van der Waals surface area contributed by atoms with Crippen molar-refractivity contribution in [1.82, 2.24) is 4.90 Å². The molecule has 3 nitrogen and oxygen atoms in total. The van der Waals surface area contributed by atoms with Crippen LogP contribution in [-0.2, 0) is 0 Å². The second-order valence-corrected chi connectivity index (χ2v) is 4.54. The molecule has 1 amide bonds. The highest BCUT2D eigenvalue weighted by Gasteiger charge is 2.23. The Labute approximate surface area is 105 Å².